The Labute approximate surface area is 307 Å². The van der Waals surface area contributed by atoms with Crippen molar-refractivity contribution in [2.24, 2.45) is 0 Å². The summed E-state index contributed by atoms with van der Waals surface area (Å²) >= 11 is 0. The molecule has 11 aromatic rings. The van der Waals surface area contributed by atoms with Crippen LogP contribution < -0.4 is 0 Å². The van der Waals surface area contributed by atoms with Crippen LogP contribution in [0.3, 0.4) is 0 Å². The van der Waals surface area contributed by atoms with Gasteiger partial charge in [0.1, 0.15) is 0 Å². The Morgan fingerprint density at radius 3 is 1.36 bits per heavy atom. The number of nitrogens with zero attached hydrogens (tertiary/aromatic N) is 1. The van der Waals surface area contributed by atoms with Gasteiger partial charge in [0, 0.05) is 16.5 Å². The topological polar surface area (TPSA) is 4.93 Å². The number of hydrogen-bond acceptors (Lipinski definition) is 0. The van der Waals surface area contributed by atoms with E-state index in [1.807, 2.05) is 0 Å². The van der Waals surface area contributed by atoms with Gasteiger partial charge in [-0.05, 0) is 119 Å². The Bertz CT molecular complexity index is 3220. The van der Waals surface area contributed by atoms with Crippen molar-refractivity contribution in [1.82, 2.24) is 4.57 Å². The van der Waals surface area contributed by atoms with Crippen molar-refractivity contribution < 1.29 is 0 Å². The predicted molar refractivity (Wildman–Crippen MR) is 227 cm³/mol. The maximum Gasteiger partial charge on any atom is 0.0547 e. The number of benzene rings is 10. The van der Waals surface area contributed by atoms with Gasteiger partial charge in [0.2, 0.25) is 0 Å². The van der Waals surface area contributed by atoms with Gasteiger partial charge in [-0.15, -0.1) is 0 Å². The molecule has 0 unspecified atom stereocenters. The van der Waals surface area contributed by atoms with Crippen molar-refractivity contribution in [3.05, 3.63) is 200 Å². The van der Waals surface area contributed by atoms with Crippen LogP contribution in [-0.4, -0.2) is 4.57 Å². The SMILES string of the molecule is c1ccc(-n2c3ccccc3c3ccc(-c4ccc5c(-c6ccc7ccccc7c6)c6ccccc6c(-c6ccc7ccccc7c6)c5c4)cc32)cc1. The zero-order valence-corrected chi connectivity index (χ0v) is 29.0. The van der Waals surface area contributed by atoms with Gasteiger partial charge < -0.3 is 4.57 Å². The van der Waals surface area contributed by atoms with Crippen molar-refractivity contribution in [2.75, 3.05) is 0 Å². The molecule has 0 aliphatic rings. The van der Waals surface area contributed by atoms with Gasteiger partial charge in [-0.1, -0.05) is 158 Å². The van der Waals surface area contributed by atoms with E-state index >= 15 is 0 Å². The van der Waals surface area contributed by atoms with Crippen LogP contribution in [0.4, 0.5) is 0 Å². The van der Waals surface area contributed by atoms with Crippen LogP contribution >= 0.6 is 0 Å². The van der Waals surface area contributed by atoms with E-state index in [-0.39, 0.29) is 0 Å². The van der Waals surface area contributed by atoms with E-state index < -0.39 is 0 Å². The lowest BCUT2D eigenvalue weighted by Gasteiger charge is -2.19. The molecule has 1 nitrogen and oxygen atoms in total. The molecule has 0 spiro atoms. The molecule has 1 heterocycles. The van der Waals surface area contributed by atoms with E-state index in [1.54, 1.807) is 0 Å². The zero-order chi connectivity index (χ0) is 34.9. The third kappa shape index (κ3) is 4.71. The molecule has 10 aromatic carbocycles. The molecule has 0 aliphatic carbocycles. The van der Waals surface area contributed by atoms with Gasteiger partial charge >= 0.3 is 0 Å². The predicted octanol–water partition coefficient (Wildman–Crippen LogP) is 14.4. The molecule has 11 rings (SSSR count). The largest absolute Gasteiger partial charge is 0.309 e. The second-order valence-corrected chi connectivity index (χ2v) is 14.1. The fourth-order valence-electron chi connectivity index (χ4n) is 8.67. The van der Waals surface area contributed by atoms with Crippen LogP contribution in [0.5, 0.6) is 0 Å². The molecular weight excluding hydrogens is 639 g/mol. The fourth-order valence-corrected chi connectivity index (χ4v) is 8.67. The quantitative estimate of drug-likeness (QED) is 0.164. The van der Waals surface area contributed by atoms with Gasteiger partial charge in [-0.3, -0.25) is 0 Å². The van der Waals surface area contributed by atoms with Crippen LogP contribution in [0.15, 0.2) is 200 Å². The summed E-state index contributed by atoms with van der Waals surface area (Å²) in [5.41, 5.74) is 11.0. The highest BCUT2D eigenvalue weighted by molar-refractivity contribution is 6.23. The molecule has 246 valence electrons. The lowest BCUT2D eigenvalue weighted by atomic mass is 9.84. The summed E-state index contributed by atoms with van der Waals surface area (Å²) in [6, 6.07) is 73.7. The Hall–Kier alpha value is -6.96. The molecule has 0 fully saturated rings. The molecule has 0 saturated heterocycles. The molecule has 1 aromatic heterocycles. The monoisotopic (exact) mass is 671 g/mol. The average Bonchev–Trinajstić information content (AvgIpc) is 3.56. The van der Waals surface area contributed by atoms with E-state index in [1.165, 1.54) is 104 Å². The summed E-state index contributed by atoms with van der Waals surface area (Å²) < 4.78 is 2.40. The summed E-state index contributed by atoms with van der Waals surface area (Å²) in [5, 5.41) is 12.6. The average molecular weight is 672 g/mol. The molecule has 1 heteroatoms. The van der Waals surface area contributed by atoms with E-state index in [2.05, 4.69) is 205 Å². The Kier molecular flexibility index (Phi) is 6.62. The number of fused-ring (bicyclic) bond motifs is 7. The first-order chi connectivity index (χ1) is 26.3. The smallest absolute Gasteiger partial charge is 0.0547 e. The molecule has 0 bridgehead atoms. The minimum Gasteiger partial charge on any atom is -0.309 e. The standard InChI is InChI=1S/C52H33N/c1-2-16-42(17-3-1)53-49-21-11-10-18-43(49)44-28-26-39(33-50(44)53)38-27-29-47-48(32-38)52(41-25-23-35-13-5-7-15-37(35)31-41)46-20-9-8-19-45(46)51(47)40-24-22-34-12-4-6-14-36(34)30-40/h1-33H. The second kappa shape index (κ2) is 11.8. The first-order valence-electron chi connectivity index (χ1n) is 18.3. The first kappa shape index (κ1) is 29.7. The van der Waals surface area contributed by atoms with E-state index in [9.17, 15) is 0 Å². The number of aromatic nitrogens is 1. The van der Waals surface area contributed by atoms with Crippen LogP contribution in [0.1, 0.15) is 0 Å². The Morgan fingerprint density at radius 1 is 0.245 bits per heavy atom. The lowest BCUT2D eigenvalue weighted by Crippen LogP contribution is -1.94. The van der Waals surface area contributed by atoms with Crippen molar-refractivity contribution in [1.29, 1.82) is 0 Å². The molecule has 0 aliphatic heterocycles. The summed E-state index contributed by atoms with van der Waals surface area (Å²) in [5.74, 6) is 0. The highest BCUT2D eigenvalue weighted by Gasteiger charge is 2.19. The summed E-state index contributed by atoms with van der Waals surface area (Å²) in [6.07, 6.45) is 0. The summed E-state index contributed by atoms with van der Waals surface area (Å²) in [6.45, 7) is 0. The normalized spacial score (nSPS) is 11.8. The lowest BCUT2D eigenvalue weighted by molar-refractivity contribution is 1.18. The fraction of sp³-hybridized carbons (Fsp3) is 0. The van der Waals surface area contributed by atoms with Crippen LogP contribution in [-0.2, 0) is 0 Å². The van der Waals surface area contributed by atoms with Crippen molar-refractivity contribution >= 4 is 64.9 Å². The van der Waals surface area contributed by atoms with Gasteiger partial charge in [0.15, 0.2) is 0 Å². The first-order valence-corrected chi connectivity index (χ1v) is 18.3. The van der Waals surface area contributed by atoms with Gasteiger partial charge in [-0.2, -0.15) is 0 Å². The molecule has 0 N–H and O–H groups in total. The summed E-state index contributed by atoms with van der Waals surface area (Å²) in [7, 11) is 0. The maximum atomic E-state index is 2.44. The summed E-state index contributed by atoms with van der Waals surface area (Å²) in [4.78, 5) is 0. The molecule has 53 heavy (non-hydrogen) atoms. The Balaban J connectivity index is 1.22. The van der Waals surface area contributed by atoms with Crippen LogP contribution in [0.2, 0.25) is 0 Å². The third-order valence-electron chi connectivity index (χ3n) is 11.1. The number of rotatable bonds is 4. The zero-order valence-electron chi connectivity index (χ0n) is 29.0. The van der Waals surface area contributed by atoms with Crippen molar-refractivity contribution in [3.63, 3.8) is 0 Å². The minimum atomic E-state index is 1.17. The van der Waals surface area contributed by atoms with E-state index in [0.717, 1.165) is 0 Å². The molecule has 0 saturated carbocycles. The highest BCUT2D eigenvalue weighted by atomic mass is 15.0. The van der Waals surface area contributed by atoms with Crippen molar-refractivity contribution in [2.45, 2.75) is 0 Å². The van der Waals surface area contributed by atoms with Gasteiger partial charge in [-0.25, -0.2) is 0 Å². The third-order valence-corrected chi connectivity index (χ3v) is 11.1. The number of hydrogen-bond donors (Lipinski definition) is 0. The number of para-hydroxylation sites is 2. The van der Waals surface area contributed by atoms with E-state index in [4.69, 9.17) is 0 Å². The molecule has 0 radical (unpaired) electrons. The molecule has 0 atom stereocenters. The minimum absolute atomic E-state index is 1.17. The van der Waals surface area contributed by atoms with Gasteiger partial charge in [0.05, 0.1) is 11.0 Å². The van der Waals surface area contributed by atoms with Gasteiger partial charge in [0.25, 0.3) is 0 Å². The van der Waals surface area contributed by atoms with Crippen LogP contribution in [0.25, 0.3) is 104 Å². The highest BCUT2D eigenvalue weighted by Crippen LogP contribution is 2.46. The van der Waals surface area contributed by atoms with Crippen LogP contribution in [0, 0.1) is 0 Å². The Morgan fingerprint density at radius 2 is 0.698 bits per heavy atom. The molecule has 0 amide bonds. The maximum absolute atomic E-state index is 2.44. The van der Waals surface area contributed by atoms with Crippen molar-refractivity contribution in [3.8, 4) is 39.1 Å². The second-order valence-electron chi connectivity index (χ2n) is 14.1. The molecular formula is C52H33N. The van der Waals surface area contributed by atoms with E-state index in [0.29, 0.717) is 0 Å².